The average Bonchev–Trinajstić information content (AvgIpc) is 2.94. The van der Waals surface area contributed by atoms with E-state index >= 15 is 0 Å². The van der Waals surface area contributed by atoms with E-state index in [0.29, 0.717) is 28.1 Å². The number of anilines is 2. The van der Waals surface area contributed by atoms with Gasteiger partial charge in [-0.1, -0.05) is 36.4 Å². The van der Waals surface area contributed by atoms with Gasteiger partial charge < -0.3 is 9.64 Å². The van der Waals surface area contributed by atoms with Gasteiger partial charge in [-0.2, -0.15) is 0 Å². The number of carbonyl (C=O) groups is 3. The summed E-state index contributed by atoms with van der Waals surface area (Å²) in [4.78, 5) is 41.4. The molecule has 0 aliphatic heterocycles. The van der Waals surface area contributed by atoms with E-state index in [1.807, 2.05) is 0 Å². The summed E-state index contributed by atoms with van der Waals surface area (Å²) in [6.45, 7) is -0.134. The van der Waals surface area contributed by atoms with Crippen molar-refractivity contribution in [3.8, 4) is 0 Å². The zero-order valence-electron chi connectivity index (χ0n) is 21.6. The summed E-state index contributed by atoms with van der Waals surface area (Å²) in [6.07, 6.45) is 0. The van der Waals surface area contributed by atoms with Crippen molar-refractivity contribution < 1.29 is 32.3 Å². The van der Waals surface area contributed by atoms with Crippen LogP contribution in [-0.4, -0.2) is 51.8 Å². The number of methoxy groups -OCH3 is 1. The predicted molar refractivity (Wildman–Crippen MR) is 140 cm³/mol. The van der Waals surface area contributed by atoms with Crippen LogP contribution in [0.1, 0.15) is 37.4 Å². The summed E-state index contributed by atoms with van der Waals surface area (Å²) >= 11 is 0. The molecule has 2 amide bonds. The lowest BCUT2D eigenvalue weighted by Gasteiger charge is -2.26. The monoisotopic (exact) mass is 526 g/mol. The Kier molecular flexibility index (Phi) is 8.93. The van der Waals surface area contributed by atoms with Gasteiger partial charge in [0.1, 0.15) is 19.9 Å². The molecular formula is C29H29F3N2O4. The van der Waals surface area contributed by atoms with Gasteiger partial charge in [0.2, 0.25) is 0 Å². The number of nitrogens with zero attached hydrogens (tertiary/aromatic N) is 2. The van der Waals surface area contributed by atoms with Crippen molar-refractivity contribution in [1.29, 1.82) is 0 Å². The molecule has 9 heteroatoms. The first-order chi connectivity index (χ1) is 18.1. The van der Waals surface area contributed by atoms with Gasteiger partial charge in [0.15, 0.2) is 5.67 Å². The third-order valence-electron chi connectivity index (χ3n) is 6.26. The third kappa shape index (κ3) is 5.88. The fourth-order valence-corrected chi connectivity index (χ4v) is 4.25. The maximum absolute atomic E-state index is 14.6. The molecule has 0 aliphatic carbocycles. The highest BCUT2D eigenvalue weighted by molar-refractivity contribution is 6.10. The maximum atomic E-state index is 14.6. The predicted octanol–water partition coefficient (Wildman–Crippen LogP) is 5.50. The lowest BCUT2D eigenvalue weighted by atomic mass is 9.93. The number of benzene rings is 3. The molecule has 0 heterocycles. The second kappa shape index (κ2) is 11.9. The Morgan fingerprint density at radius 2 is 1.42 bits per heavy atom. The van der Waals surface area contributed by atoms with E-state index in [1.165, 1.54) is 42.2 Å². The number of rotatable bonds is 9. The largest absolute Gasteiger partial charge is 0.468 e. The molecule has 0 bridgehead atoms. The molecular weight excluding hydrogens is 497 g/mol. The van der Waals surface area contributed by atoms with Crippen molar-refractivity contribution in [2.24, 2.45) is 0 Å². The molecule has 0 spiro atoms. The highest BCUT2D eigenvalue weighted by atomic mass is 19.2. The molecule has 0 saturated heterocycles. The zero-order chi connectivity index (χ0) is 28.0. The van der Waals surface area contributed by atoms with Crippen molar-refractivity contribution in [2.45, 2.75) is 19.5 Å². The number of alkyl halides is 3. The summed E-state index contributed by atoms with van der Waals surface area (Å²) in [6, 6.07) is 17.3. The molecule has 3 aromatic carbocycles. The molecule has 0 atom stereocenters. The normalized spacial score (nSPS) is 11.1. The number of aryl methyl sites for hydroxylation is 2. The number of hydrogen-bond donors (Lipinski definition) is 0. The first kappa shape index (κ1) is 28.4. The van der Waals surface area contributed by atoms with Crippen LogP contribution in [0.2, 0.25) is 0 Å². The van der Waals surface area contributed by atoms with Crippen LogP contribution in [-0.2, 0) is 15.2 Å². The Morgan fingerprint density at radius 3 is 1.97 bits per heavy atom. The zero-order valence-corrected chi connectivity index (χ0v) is 21.6. The van der Waals surface area contributed by atoms with Crippen molar-refractivity contribution in [3.05, 3.63) is 94.5 Å². The Hall–Kier alpha value is -4.14. The molecule has 6 nitrogen and oxygen atoms in total. The number of carbonyl (C=O) groups excluding carboxylic acids is 3. The van der Waals surface area contributed by atoms with Gasteiger partial charge in [-0.15, -0.1) is 0 Å². The van der Waals surface area contributed by atoms with Crippen molar-refractivity contribution in [2.75, 3.05) is 43.9 Å². The second-order valence-electron chi connectivity index (χ2n) is 8.94. The van der Waals surface area contributed by atoms with Gasteiger partial charge in [0.05, 0.1) is 7.11 Å². The highest BCUT2D eigenvalue weighted by Gasteiger charge is 2.34. The van der Waals surface area contributed by atoms with E-state index in [2.05, 4.69) is 0 Å². The summed E-state index contributed by atoms with van der Waals surface area (Å²) in [5.41, 5.74) is -0.638. The molecule has 0 unspecified atom stereocenters. The van der Waals surface area contributed by atoms with Gasteiger partial charge >= 0.3 is 5.97 Å². The summed E-state index contributed by atoms with van der Waals surface area (Å²) in [7, 11) is 2.74. The summed E-state index contributed by atoms with van der Waals surface area (Å²) in [5.74, 6) is -1.54. The molecule has 0 fully saturated rings. The minimum atomic E-state index is -2.75. The van der Waals surface area contributed by atoms with Gasteiger partial charge in [0.25, 0.3) is 11.8 Å². The number of hydrogen-bond acceptors (Lipinski definition) is 4. The maximum Gasteiger partial charge on any atom is 0.325 e. The lowest BCUT2D eigenvalue weighted by molar-refractivity contribution is -0.138. The molecule has 3 rings (SSSR count). The SMILES string of the molecule is COC(=O)CN(C(=O)c1ccccc1)c1cccc(C(=O)N(C)c2c(C)cc(C(F)(CF)CF)cc2C)c1. The van der Waals surface area contributed by atoms with E-state index in [0.717, 1.165) is 0 Å². The molecule has 200 valence electrons. The van der Waals surface area contributed by atoms with E-state index < -0.39 is 36.8 Å². The second-order valence-corrected chi connectivity index (χ2v) is 8.94. The Balaban J connectivity index is 1.98. The number of halogens is 3. The molecule has 0 radical (unpaired) electrons. The number of amides is 2. The van der Waals surface area contributed by atoms with E-state index in [4.69, 9.17) is 4.74 Å². The molecule has 38 heavy (non-hydrogen) atoms. The lowest BCUT2D eigenvalue weighted by Crippen LogP contribution is -2.36. The van der Waals surface area contributed by atoms with Gasteiger partial charge in [-0.3, -0.25) is 19.3 Å². The molecule has 0 aliphatic rings. The minimum absolute atomic E-state index is 0.137. The topological polar surface area (TPSA) is 66.9 Å². The van der Waals surface area contributed by atoms with Crippen molar-refractivity contribution in [3.63, 3.8) is 0 Å². The van der Waals surface area contributed by atoms with E-state index in [9.17, 15) is 27.6 Å². The van der Waals surface area contributed by atoms with E-state index in [-0.39, 0.29) is 17.7 Å². The number of ether oxygens (including phenoxy) is 1. The molecule has 3 aromatic rings. The van der Waals surface area contributed by atoms with Crippen LogP contribution >= 0.6 is 0 Å². The van der Waals surface area contributed by atoms with Crippen LogP contribution in [0, 0.1) is 13.8 Å². The van der Waals surface area contributed by atoms with Crippen LogP contribution in [0.25, 0.3) is 0 Å². The van der Waals surface area contributed by atoms with Gasteiger partial charge in [0, 0.05) is 29.5 Å². The van der Waals surface area contributed by atoms with Crippen LogP contribution in [0.3, 0.4) is 0 Å². The minimum Gasteiger partial charge on any atom is -0.468 e. The Labute approximate surface area is 219 Å². The fourth-order valence-electron chi connectivity index (χ4n) is 4.25. The van der Waals surface area contributed by atoms with Crippen LogP contribution in [0.4, 0.5) is 24.5 Å². The Morgan fingerprint density at radius 1 is 0.842 bits per heavy atom. The van der Waals surface area contributed by atoms with Crippen LogP contribution < -0.4 is 9.80 Å². The fraction of sp³-hybridized carbons (Fsp3) is 0.276. The van der Waals surface area contributed by atoms with Gasteiger partial charge in [-0.05, 0) is 60.9 Å². The van der Waals surface area contributed by atoms with Crippen LogP contribution in [0.15, 0.2) is 66.7 Å². The number of esters is 1. The molecule has 0 saturated carbocycles. The smallest absolute Gasteiger partial charge is 0.325 e. The molecule has 0 aromatic heterocycles. The quantitative estimate of drug-likeness (QED) is 0.345. The summed E-state index contributed by atoms with van der Waals surface area (Å²) < 4.78 is 45.9. The average molecular weight is 527 g/mol. The van der Waals surface area contributed by atoms with Crippen LogP contribution in [0.5, 0.6) is 0 Å². The highest BCUT2D eigenvalue weighted by Crippen LogP contribution is 2.34. The molecule has 0 N–H and O–H groups in total. The van der Waals surface area contributed by atoms with Crippen molar-refractivity contribution in [1.82, 2.24) is 0 Å². The van der Waals surface area contributed by atoms with Gasteiger partial charge in [-0.25, -0.2) is 13.2 Å². The summed E-state index contributed by atoms with van der Waals surface area (Å²) in [5, 5.41) is 0. The van der Waals surface area contributed by atoms with Crippen molar-refractivity contribution >= 4 is 29.2 Å². The first-order valence-electron chi connectivity index (χ1n) is 11.8. The first-order valence-corrected chi connectivity index (χ1v) is 11.8. The Bertz CT molecular complexity index is 1300. The third-order valence-corrected chi connectivity index (χ3v) is 6.26. The van der Waals surface area contributed by atoms with E-state index in [1.54, 1.807) is 62.4 Å². The standard InChI is InChI=1S/C29H29F3N2O4/c1-19-13-23(29(32,17-30)18-31)14-20(2)26(19)33(3)27(36)22-11-8-12-24(15-22)34(16-25(35)38-4)28(37)21-9-6-5-7-10-21/h5-15H,16-18H2,1-4H3.